The molecule has 2 N–H and O–H groups in total. The van der Waals surface area contributed by atoms with Crippen LogP contribution in [0.4, 0.5) is 21.0 Å². The van der Waals surface area contributed by atoms with Crippen LogP contribution in [0.15, 0.2) is 84.9 Å². The van der Waals surface area contributed by atoms with Gasteiger partial charge in [-0.3, -0.25) is 0 Å². The molecule has 2 aliphatic rings. The second-order valence-corrected chi connectivity index (χ2v) is 19.3. The molecule has 14 nitrogen and oxygen atoms in total. The number of amides is 2. The molecule has 356 valence electrons. The van der Waals surface area contributed by atoms with Gasteiger partial charge in [0.15, 0.2) is 0 Å². The summed E-state index contributed by atoms with van der Waals surface area (Å²) in [6.07, 6.45) is -0.549. The van der Waals surface area contributed by atoms with E-state index in [1.165, 1.54) is 0 Å². The number of fused-ring (bicyclic) bond motifs is 2. The Bertz CT molecular complexity index is 2670. The predicted molar refractivity (Wildman–Crippen MR) is 273 cm³/mol. The maximum absolute atomic E-state index is 12.3. The SMILES string of the molecule is C.CC(C)(C)OC(=O)N1CCN(c2cccc(-c3nc(Cl)nc4ccc(Cl)cc34)c2)CC1.CC(C)(C)OC(=O)N1CCN(c2cccc(B(O)O)c2)CC1.Clc1ccc2nc(Cl)nc(Cl)c2c1. The number of hydrogen-bond acceptors (Lipinski definition) is 12. The molecule has 2 fully saturated rings. The van der Waals surface area contributed by atoms with Crippen LogP contribution in [0, 0.1) is 0 Å². The van der Waals surface area contributed by atoms with Gasteiger partial charge in [-0.05, 0) is 131 Å². The third kappa shape index (κ3) is 15.1. The maximum atomic E-state index is 12.3. The largest absolute Gasteiger partial charge is 0.488 e. The molecule has 8 rings (SSSR count). The second-order valence-electron chi connectivity index (χ2n) is 17.4. The fourth-order valence-electron chi connectivity index (χ4n) is 7.01. The van der Waals surface area contributed by atoms with E-state index in [4.69, 9.17) is 67.5 Å². The third-order valence-electron chi connectivity index (χ3n) is 10.1. The van der Waals surface area contributed by atoms with Gasteiger partial charge in [0.2, 0.25) is 10.6 Å². The number of piperazine rings is 2. The minimum absolute atomic E-state index is 0. The van der Waals surface area contributed by atoms with Gasteiger partial charge in [0.25, 0.3) is 0 Å². The minimum Gasteiger partial charge on any atom is -0.444 e. The van der Waals surface area contributed by atoms with Crippen molar-refractivity contribution in [3.05, 3.63) is 111 Å². The first-order valence-corrected chi connectivity index (χ1v) is 22.9. The van der Waals surface area contributed by atoms with Gasteiger partial charge < -0.3 is 39.1 Å². The maximum Gasteiger partial charge on any atom is 0.488 e. The van der Waals surface area contributed by atoms with Crippen molar-refractivity contribution in [2.24, 2.45) is 0 Å². The van der Waals surface area contributed by atoms with E-state index < -0.39 is 18.3 Å². The highest BCUT2D eigenvalue weighted by molar-refractivity contribution is 6.58. The number of carbonyl (C=O) groups excluding carboxylic acids is 2. The standard InChI is InChI=1S/C23H24Cl2N4O2.C15H23BN2O4.C8H3Cl3N2.CH4/c1-23(2,3)31-22(30)29-11-9-28(10-12-29)17-6-4-5-15(13-17)20-18-14-16(24)7-8-19(18)26-21(25)27-20;1-15(2,3)22-14(19)18-9-7-17(8-10-18)13-6-4-5-12(11-13)16(20)21;9-4-1-2-6-5(3-4)7(10)13-8(11)12-6;/h4-8,13-14H,9-12H2,1-3H3;4-6,11,20-21H,7-10H2,1-3H3;1-3H;1H4. The number of benzene rings is 4. The van der Waals surface area contributed by atoms with Gasteiger partial charge in [-0.2, -0.15) is 0 Å². The number of anilines is 2. The Morgan fingerprint density at radius 2 is 1.01 bits per heavy atom. The van der Waals surface area contributed by atoms with E-state index in [2.05, 4.69) is 41.9 Å². The summed E-state index contributed by atoms with van der Waals surface area (Å²) in [7, 11) is -1.47. The smallest absolute Gasteiger partial charge is 0.444 e. The van der Waals surface area contributed by atoms with Crippen LogP contribution in [0.1, 0.15) is 49.0 Å². The Hall–Kier alpha value is -4.87. The summed E-state index contributed by atoms with van der Waals surface area (Å²) in [5.41, 5.74) is 4.58. The zero-order chi connectivity index (χ0) is 47.9. The van der Waals surface area contributed by atoms with Crippen LogP contribution in [0.3, 0.4) is 0 Å². The molecule has 0 aliphatic carbocycles. The van der Waals surface area contributed by atoms with Crippen molar-refractivity contribution in [1.29, 1.82) is 0 Å². The molecule has 0 unspecified atom stereocenters. The summed E-state index contributed by atoms with van der Waals surface area (Å²) in [5.74, 6) is 0. The topological polar surface area (TPSA) is 158 Å². The van der Waals surface area contributed by atoms with E-state index in [9.17, 15) is 19.6 Å². The van der Waals surface area contributed by atoms with Crippen LogP contribution in [0.25, 0.3) is 33.1 Å². The van der Waals surface area contributed by atoms with E-state index in [0.29, 0.717) is 70.8 Å². The fourth-order valence-corrected chi connectivity index (χ4v) is 7.98. The average Bonchev–Trinajstić information content (AvgIpc) is 3.26. The highest BCUT2D eigenvalue weighted by Crippen LogP contribution is 2.32. The van der Waals surface area contributed by atoms with Crippen LogP contribution in [0.2, 0.25) is 25.8 Å². The molecule has 2 amide bonds. The lowest BCUT2D eigenvalue weighted by molar-refractivity contribution is 0.0230. The van der Waals surface area contributed by atoms with E-state index >= 15 is 0 Å². The van der Waals surface area contributed by atoms with Gasteiger partial charge in [-0.15, -0.1) is 0 Å². The van der Waals surface area contributed by atoms with Gasteiger partial charge in [0.1, 0.15) is 16.4 Å². The summed E-state index contributed by atoms with van der Waals surface area (Å²) >= 11 is 29.6. The normalized spacial score (nSPS) is 14.0. The molecule has 0 saturated carbocycles. The molecule has 6 aromatic rings. The Morgan fingerprint density at radius 3 is 1.51 bits per heavy atom. The summed E-state index contributed by atoms with van der Waals surface area (Å²) < 4.78 is 10.9. The van der Waals surface area contributed by atoms with E-state index in [0.717, 1.165) is 46.6 Å². The van der Waals surface area contributed by atoms with Gasteiger partial charge in [-0.1, -0.05) is 66.5 Å². The Labute approximate surface area is 416 Å². The number of nitrogens with zero attached hydrogens (tertiary/aromatic N) is 8. The molecule has 2 aliphatic heterocycles. The Kier molecular flexibility index (Phi) is 18.2. The monoisotopic (exact) mass is 1010 g/mol. The highest BCUT2D eigenvalue weighted by atomic mass is 35.5. The molecule has 67 heavy (non-hydrogen) atoms. The van der Waals surface area contributed by atoms with E-state index in [1.807, 2.05) is 71.9 Å². The number of aromatic nitrogens is 4. The number of halogens is 5. The van der Waals surface area contributed by atoms with Crippen molar-refractivity contribution in [1.82, 2.24) is 29.7 Å². The molecular weight excluding hydrogens is 961 g/mol. The molecule has 0 atom stereocenters. The molecule has 20 heteroatoms. The number of hydrogen-bond donors (Lipinski definition) is 2. The van der Waals surface area contributed by atoms with Crippen LogP contribution in [-0.4, -0.2) is 123 Å². The molecule has 4 heterocycles. The summed E-state index contributed by atoms with van der Waals surface area (Å²) in [5, 5.41) is 21.9. The minimum atomic E-state index is -1.47. The third-order valence-corrected chi connectivity index (χ3v) is 11.2. The highest BCUT2D eigenvalue weighted by Gasteiger charge is 2.28. The van der Waals surface area contributed by atoms with Gasteiger partial charge in [0, 0.05) is 90.1 Å². The van der Waals surface area contributed by atoms with Crippen molar-refractivity contribution in [2.45, 2.75) is 60.2 Å². The van der Waals surface area contributed by atoms with Gasteiger partial charge in [0.05, 0.1) is 16.7 Å². The predicted octanol–water partition coefficient (Wildman–Crippen LogP) is 10.3. The van der Waals surface area contributed by atoms with Crippen LogP contribution in [-0.2, 0) is 9.47 Å². The lowest BCUT2D eigenvalue weighted by Crippen LogP contribution is -2.50. The van der Waals surface area contributed by atoms with E-state index in [-0.39, 0.29) is 30.2 Å². The van der Waals surface area contributed by atoms with Gasteiger partial charge >= 0.3 is 19.3 Å². The molecule has 0 spiro atoms. The molecule has 2 saturated heterocycles. The summed E-state index contributed by atoms with van der Waals surface area (Å²) in [6, 6.07) is 26.0. The van der Waals surface area contributed by atoms with Crippen molar-refractivity contribution in [3.63, 3.8) is 0 Å². The molecule has 2 aromatic heterocycles. The quantitative estimate of drug-likeness (QED) is 0.0980. The first-order valence-electron chi connectivity index (χ1n) is 21.1. The van der Waals surface area contributed by atoms with E-state index in [1.54, 1.807) is 52.3 Å². The molecule has 0 radical (unpaired) electrons. The van der Waals surface area contributed by atoms with Crippen molar-refractivity contribution in [2.75, 3.05) is 62.2 Å². The molecule has 4 aromatic carbocycles. The first kappa shape index (κ1) is 53.1. The molecule has 0 bridgehead atoms. The van der Waals surface area contributed by atoms with Crippen molar-refractivity contribution < 1.29 is 29.1 Å². The first-order chi connectivity index (χ1) is 31.1. The number of carbonyl (C=O) groups is 2. The Balaban J connectivity index is 0.000000203. The summed E-state index contributed by atoms with van der Waals surface area (Å²) in [6.45, 7) is 16.4. The number of rotatable bonds is 4. The van der Waals surface area contributed by atoms with Crippen LogP contribution >= 0.6 is 58.0 Å². The second kappa shape index (κ2) is 23.0. The number of ether oxygens (including phenoxy) is 2. The average molecular weight is 1020 g/mol. The van der Waals surface area contributed by atoms with Crippen molar-refractivity contribution in [3.8, 4) is 11.3 Å². The fraction of sp³-hybridized carbons (Fsp3) is 0.362. The summed E-state index contributed by atoms with van der Waals surface area (Å²) in [4.78, 5) is 48.7. The van der Waals surface area contributed by atoms with Crippen LogP contribution in [0.5, 0.6) is 0 Å². The Morgan fingerprint density at radius 1 is 0.567 bits per heavy atom. The van der Waals surface area contributed by atoms with Crippen LogP contribution < -0.4 is 15.3 Å². The lowest BCUT2D eigenvalue weighted by Gasteiger charge is -2.36. The lowest BCUT2D eigenvalue weighted by atomic mass is 9.80. The molecular formula is C47H54BCl5N8O6. The zero-order valence-electron chi connectivity index (χ0n) is 37.3. The van der Waals surface area contributed by atoms with Crippen molar-refractivity contribution >= 4 is 116 Å². The van der Waals surface area contributed by atoms with Gasteiger partial charge in [-0.25, -0.2) is 29.5 Å². The zero-order valence-corrected chi connectivity index (χ0v) is 41.1.